The average molecular weight is 599 g/mol. The maximum atomic E-state index is 12.1. The lowest BCUT2D eigenvalue weighted by Crippen LogP contribution is -2.47. The van der Waals surface area contributed by atoms with Crippen molar-refractivity contribution in [2.45, 2.75) is 50.8 Å². The Labute approximate surface area is 203 Å². The number of hydrogen-bond donors (Lipinski definition) is 5. The van der Waals surface area contributed by atoms with Crippen LogP contribution in [0.5, 0.6) is 0 Å². The van der Waals surface area contributed by atoms with E-state index in [1.54, 1.807) is 18.7 Å². The molecule has 2 aromatic heterocycles. The highest BCUT2D eigenvalue weighted by atomic mass is 127. The van der Waals surface area contributed by atoms with Crippen molar-refractivity contribution in [3.05, 3.63) is 10.2 Å². The Kier molecular flexibility index (Phi) is 8.07. The summed E-state index contributed by atoms with van der Waals surface area (Å²) >= 11 is 1.92. The van der Waals surface area contributed by atoms with Crippen LogP contribution >= 0.6 is 22.6 Å². The van der Waals surface area contributed by atoms with Crippen molar-refractivity contribution in [1.82, 2.24) is 24.2 Å². The van der Waals surface area contributed by atoms with Crippen LogP contribution in [0.3, 0.4) is 0 Å². The van der Waals surface area contributed by atoms with Gasteiger partial charge in [0.15, 0.2) is 27.0 Å². The lowest BCUT2D eigenvalue weighted by Gasteiger charge is -2.18. The number of nitrogens with zero attached hydrogens (tertiary/aromatic N) is 4. The third-order valence-corrected chi connectivity index (χ3v) is 6.80. The summed E-state index contributed by atoms with van der Waals surface area (Å²) in [5.74, 6) is -0.681. The van der Waals surface area contributed by atoms with Crippen molar-refractivity contribution in [2.75, 3.05) is 19.0 Å². The Balaban J connectivity index is 1.71. The van der Waals surface area contributed by atoms with Gasteiger partial charge in [0.25, 0.3) is 5.91 Å². The zero-order valence-electron chi connectivity index (χ0n) is 18.0. The van der Waals surface area contributed by atoms with Crippen LogP contribution in [0, 0.1) is 9.75 Å². The number of aliphatic hydroxyl groups excluding tert-OH is 2. The minimum atomic E-state index is -4.52. The van der Waals surface area contributed by atoms with Gasteiger partial charge < -0.3 is 26.0 Å². The van der Waals surface area contributed by atoms with Crippen LogP contribution in [0.15, 0.2) is 6.33 Å². The molecule has 0 radical (unpaired) electrons. The molecule has 14 nitrogen and oxygen atoms in total. The average Bonchev–Trinajstić information content (AvgIpc) is 3.31. The summed E-state index contributed by atoms with van der Waals surface area (Å²) < 4.78 is 38.3. The minimum absolute atomic E-state index is 0.239. The highest BCUT2D eigenvalue weighted by molar-refractivity contribution is 14.1. The van der Waals surface area contributed by atoms with E-state index in [1.807, 2.05) is 29.5 Å². The number of halogens is 1. The van der Waals surface area contributed by atoms with Crippen LogP contribution in [-0.4, -0.2) is 82.1 Å². The van der Waals surface area contributed by atoms with Gasteiger partial charge in [-0.15, -0.1) is 0 Å². The Morgan fingerprint density at radius 1 is 1.39 bits per heavy atom. The van der Waals surface area contributed by atoms with Gasteiger partial charge in [0.2, 0.25) is 0 Å². The van der Waals surface area contributed by atoms with Crippen molar-refractivity contribution in [3.63, 3.8) is 0 Å². The predicted molar refractivity (Wildman–Crippen MR) is 124 cm³/mol. The molecular weight excluding hydrogens is 573 g/mol. The normalized spacial score (nSPS) is 25.2. The number of ether oxygens (including phenoxy) is 1. The smallest absolute Gasteiger partial charge is 0.362 e. The molecule has 3 heterocycles. The van der Waals surface area contributed by atoms with Gasteiger partial charge >= 0.3 is 10.3 Å². The molecule has 0 spiro atoms. The lowest BCUT2D eigenvalue weighted by molar-refractivity contribution is -0.121. The summed E-state index contributed by atoms with van der Waals surface area (Å²) in [5, 5.41) is 23.8. The molecular formula is C17H26IN7O7S. The van der Waals surface area contributed by atoms with Crippen LogP contribution in [-0.2, 0) is 24.0 Å². The molecule has 1 aliphatic heterocycles. The Bertz CT molecular complexity index is 1110. The van der Waals surface area contributed by atoms with E-state index in [0.29, 0.717) is 27.2 Å². The highest BCUT2D eigenvalue weighted by Gasteiger charge is 2.45. The first-order chi connectivity index (χ1) is 15.5. The highest BCUT2D eigenvalue weighted by Crippen LogP contribution is 2.32. The molecule has 0 aromatic carbocycles. The molecule has 184 valence electrons. The standard InChI is InChI=1S/C17H26IN7O7S/c1-4-7(2)9(19)15(28)24-33(29,30)31-5-8-11(26)12(27)16(32-8)25-6-21-10-13(20-3)22-17(18)23-14(10)25/h6-9,11-12,16,26-27H,4-5,19H2,1-3H3,(H,24,28)(H,20,22,23)/t7-,8+,9-,11+,12+,16?/m0/s1. The summed E-state index contributed by atoms with van der Waals surface area (Å²) in [5.41, 5.74) is 6.50. The van der Waals surface area contributed by atoms with Gasteiger partial charge in [0.05, 0.1) is 19.0 Å². The number of carbonyl (C=O) groups is 1. The number of carbonyl (C=O) groups excluding carboxylic acids is 1. The van der Waals surface area contributed by atoms with Crippen molar-refractivity contribution >= 4 is 55.8 Å². The van der Waals surface area contributed by atoms with Crippen LogP contribution in [0.2, 0.25) is 0 Å². The molecule has 6 N–H and O–H groups in total. The molecule has 1 aliphatic rings. The van der Waals surface area contributed by atoms with E-state index >= 15 is 0 Å². The molecule has 3 rings (SSSR count). The van der Waals surface area contributed by atoms with E-state index in [2.05, 4.69) is 20.3 Å². The van der Waals surface area contributed by atoms with E-state index in [1.165, 1.54) is 10.9 Å². The van der Waals surface area contributed by atoms with Gasteiger partial charge in [0, 0.05) is 29.6 Å². The summed E-state index contributed by atoms with van der Waals surface area (Å²) in [6, 6.07) is -1.03. The van der Waals surface area contributed by atoms with Gasteiger partial charge in [0.1, 0.15) is 18.3 Å². The molecule has 0 bridgehead atoms. The molecule has 1 unspecified atom stereocenters. The molecule has 1 saturated heterocycles. The van der Waals surface area contributed by atoms with E-state index in [-0.39, 0.29) is 5.92 Å². The Hall–Kier alpha value is -1.70. The number of nitrogens with one attached hydrogen (secondary N) is 2. The maximum Gasteiger partial charge on any atom is 0.362 e. The zero-order valence-corrected chi connectivity index (χ0v) is 21.0. The summed E-state index contributed by atoms with van der Waals surface area (Å²) in [7, 11) is -2.85. The maximum absolute atomic E-state index is 12.1. The van der Waals surface area contributed by atoms with E-state index < -0.39 is 53.4 Å². The SMILES string of the molecule is CC[C@H](C)[C@H](N)C(=O)NS(=O)(=O)OC[C@H]1OC(n2cnc3c(NC)nc(I)nc32)[C@H](O)[C@@H]1O. The summed E-state index contributed by atoms with van der Waals surface area (Å²) in [4.78, 5) is 24.8. The summed E-state index contributed by atoms with van der Waals surface area (Å²) in [6.07, 6.45) is -3.30. The monoisotopic (exact) mass is 599 g/mol. The Morgan fingerprint density at radius 2 is 2.09 bits per heavy atom. The Morgan fingerprint density at radius 3 is 2.73 bits per heavy atom. The van der Waals surface area contributed by atoms with Crippen LogP contribution < -0.4 is 15.8 Å². The van der Waals surface area contributed by atoms with Crippen molar-refractivity contribution in [2.24, 2.45) is 11.7 Å². The van der Waals surface area contributed by atoms with Crippen molar-refractivity contribution < 1.29 is 32.3 Å². The molecule has 0 aliphatic carbocycles. The van der Waals surface area contributed by atoms with Crippen molar-refractivity contribution in [1.29, 1.82) is 0 Å². The topological polar surface area (TPSA) is 204 Å². The second kappa shape index (κ2) is 10.3. The van der Waals surface area contributed by atoms with Crippen LogP contribution in [0.25, 0.3) is 11.2 Å². The van der Waals surface area contributed by atoms with Gasteiger partial charge in [-0.05, 0) is 5.92 Å². The molecule has 0 saturated carbocycles. The quantitative estimate of drug-likeness (QED) is 0.171. The number of anilines is 1. The lowest BCUT2D eigenvalue weighted by atomic mass is 10.00. The fourth-order valence-corrected chi connectivity index (χ4v) is 4.46. The fourth-order valence-electron chi connectivity index (χ4n) is 3.24. The van der Waals surface area contributed by atoms with Gasteiger partial charge in [-0.2, -0.15) is 8.42 Å². The largest absolute Gasteiger partial charge is 0.387 e. The number of aliphatic hydroxyl groups is 2. The molecule has 6 atom stereocenters. The van der Waals surface area contributed by atoms with Gasteiger partial charge in [-0.25, -0.2) is 19.7 Å². The first kappa shape index (κ1) is 25.9. The number of hydrogen-bond acceptors (Lipinski definition) is 12. The first-order valence-electron chi connectivity index (χ1n) is 10.0. The number of amides is 1. The molecule has 2 aromatic rings. The molecule has 33 heavy (non-hydrogen) atoms. The zero-order chi connectivity index (χ0) is 24.5. The second-order valence-electron chi connectivity index (χ2n) is 7.58. The van der Waals surface area contributed by atoms with Gasteiger partial charge in [-0.1, -0.05) is 20.3 Å². The number of nitrogens with two attached hydrogens (primary N) is 1. The minimum Gasteiger partial charge on any atom is -0.387 e. The molecule has 1 amide bonds. The third kappa shape index (κ3) is 5.52. The fraction of sp³-hybridized carbons (Fsp3) is 0.647. The number of imidazole rings is 1. The van der Waals surface area contributed by atoms with E-state index in [9.17, 15) is 23.4 Å². The number of fused-ring (bicyclic) bond motifs is 1. The van der Waals surface area contributed by atoms with Crippen molar-refractivity contribution in [3.8, 4) is 0 Å². The number of aromatic nitrogens is 4. The number of rotatable bonds is 9. The summed E-state index contributed by atoms with van der Waals surface area (Å²) in [6.45, 7) is 2.88. The van der Waals surface area contributed by atoms with Crippen LogP contribution in [0.1, 0.15) is 26.5 Å². The predicted octanol–water partition coefficient (Wildman–Crippen LogP) is -1.16. The van der Waals surface area contributed by atoms with E-state index in [4.69, 9.17) is 14.7 Å². The first-order valence-corrected chi connectivity index (χ1v) is 12.5. The molecule has 1 fully saturated rings. The van der Waals surface area contributed by atoms with Crippen LogP contribution in [0.4, 0.5) is 5.82 Å². The third-order valence-electron chi connectivity index (χ3n) is 5.42. The van der Waals surface area contributed by atoms with E-state index in [0.717, 1.165) is 0 Å². The van der Waals surface area contributed by atoms with Gasteiger partial charge in [-0.3, -0.25) is 13.5 Å². The molecule has 16 heteroatoms. The second-order valence-corrected chi connectivity index (χ2v) is 9.89.